The van der Waals surface area contributed by atoms with E-state index < -0.39 is 0 Å². The Kier molecular flexibility index (Phi) is 3.88. The van der Waals surface area contributed by atoms with Crippen molar-refractivity contribution in [1.29, 1.82) is 0 Å². The van der Waals surface area contributed by atoms with Crippen molar-refractivity contribution in [2.75, 3.05) is 6.54 Å². The first-order chi connectivity index (χ1) is 8.54. The van der Waals surface area contributed by atoms with Gasteiger partial charge in [0.25, 0.3) is 0 Å². The molecule has 0 saturated heterocycles. The second-order valence-corrected chi connectivity index (χ2v) is 5.41. The summed E-state index contributed by atoms with van der Waals surface area (Å²) in [5.41, 5.74) is 11.4. The van der Waals surface area contributed by atoms with Gasteiger partial charge in [0.15, 0.2) is 0 Å². The summed E-state index contributed by atoms with van der Waals surface area (Å²) in [6.07, 6.45) is 0.876. The van der Waals surface area contributed by atoms with Crippen molar-refractivity contribution in [1.82, 2.24) is 9.78 Å². The van der Waals surface area contributed by atoms with Crippen LogP contribution in [0.2, 0.25) is 0 Å². The maximum absolute atomic E-state index is 5.65. The van der Waals surface area contributed by atoms with Crippen molar-refractivity contribution in [3.63, 3.8) is 0 Å². The molecule has 1 aromatic carbocycles. The molecule has 1 aromatic heterocycles. The van der Waals surface area contributed by atoms with Crippen molar-refractivity contribution >= 4 is 15.9 Å². The number of halogens is 1. The first-order valence-corrected chi connectivity index (χ1v) is 6.85. The summed E-state index contributed by atoms with van der Waals surface area (Å²) >= 11 is 3.61. The normalized spacial score (nSPS) is 10.9. The lowest BCUT2D eigenvalue weighted by molar-refractivity contribution is 0.827. The molecule has 3 nitrogen and oxygen atoms in total. The molecule has 2 rings (SSSR count). The van der Waals surface area contributed by atoms with Crippen LogP contribution in [0.3, 0.4) is 0 Å². The zero-order valence-electron chi connectivity index (χ0n) is 11.0. The summed E-state index contributed by atoms with van der Waals surface area (Å²) in [4.78, 5) is 0. The maximum Gasteiger partial charge on any atom is 0.0791 e. The molecule has 2 N–H and O–H groups in total. The van der Waals surface area contributed by atoms with Gasteiger partial charge in [0.1, 0.15) is 0 Å². The molecule has 0 saturated carbocycles. The van der Waals surface area contributed by atoms with E-state index in [1.54, 1.807) is 0 Å². The van der Waals surface area contributed by atoms with Gasteiger partial charge < -0.3 is 5.73 Å². The summed E-state index contributed by atoms with van der Waals surface area (Å²) in [7, 11) is 0. The molecule has 96 valence electrons. The fourth-order valence-corrected chi connectivity index (χ4v) is 2.86. The zero-order chi connectivity index (χ0) is 13.3. The SMILES string of the molecule is Cc1ccc(-n2nc(C)c(CCN)c2C)c(Br)c1. The van der Waals surface area contributed by atoms with E-state index >= 15 is 0 Å². The molecule has 0 aliphatic carbocycles. The highest BCUT2D eigenvalue weighted by molar-refractivity contribution is 9.10. The van der Waals surface area contributed by atoms with Crippen LogP contribution in [-0.2, 0) is 6.42 Å². The summed E-state index contributed by atoms with van der Waals surface area (Å²) in [5.74, 6) is 0. The number of hydrogen-bond donors (Lipinski definition) is 1. The Bertz CT molecular complexity index is 573. The molecular weight excluding hydrogens is 290 g/mol. The number of hydrogen-bond acceptors (Lipinski definition) is 2. The smallest absolute Gasteiger partial charge is 0.0791 e. The Balaban J connectivity index is 2.54. The largest absolute Gasteiger partial charge is 0.330 e. The van der Waals surface area contributed by atoms with Crippen molar-refractivity contribution in [2.45, 2.75) is 27.2 Å². The van der Waals surface area contributed by atoms with Crippen LogP contribution in [0.5, 0.6) is 0 Å². The van der Waals surface area contributed by atoms with Gasteiger partial charge in [-0.05, 0) is 72.9 Å². The lowest BCUT2D eigenvalue weighted by Crippen LogP contribution is -2.05. The van der Waals surface area contributed by atoms with Gasteiger partial charge in [-0.15, -0.1) is 0 Å². The zero-order valence-corrected chi connectivity index (χ0v) is 12.6. The summed E-state index contributed by atoms with van der Waals surface area (Å²) < 4.78 is 3.05. The van der Waals surface area contributed by atoms with Gasteiger partial charge in [-0.25, -0.2) is 4.68 Å². The van der Waals surface area contributed by atoms with E-state index in [0.29, 0.717) is 6.54 Å². The van der Waals surface area contributed by atoms with E-state index in [-0.39, 0.29) is 0 Å². The highest BCUT2D eigenvalue weighted by atomic mass is 79.9. The van der Waals surface area contributed by atoms with E-state index in [1.807, 2.05) is 11.6 Å². The predicted octanol–water partition coefficient (Wildman–Crippen LogP) is 3.06. The number of rotatable bonds is 3. The Hall–Kier alpha value is -1.13. The average Bonchev–Trinajstić information content (AvgIpc) is 2.58. The van der Waals surface area contributed by atoms with E-state index in [2.05, 4.69) is 53.1 Å². The van der Waals surface area contributed by atoms with Gasteiger partial charge in [-0.1, -0.05) is 6.07 Å². The average molecular weight is 308 g/mol. The Morgan fingerprint density at radius 2 is 2.00 bits per heavy atom. The van der Waals surface area contributed by atoms with Gasteiger partial charge in [0.05, 0.1) is 11.4 Å². The molecule has 0 amide bonds. The quantitative estimate of drug-likeness (QED) is 0.947. The lowest BCUT2D eigenvalue weighted by atomic mass is 10.1. The topological polar surface area (TPSA) is 43.8 Å². The van der Waals surface area contributed by atoms with Crippen LogP contribution in [0.15, 0.2) is 22.7 Å². The Morgan fingerprint density at radius 1 is 1.28 bits per heavy atom. The van der Waals surface area contributed by atoms with Gasteiger partial charge in [0.2, 0.25) is 0 Å². The fourth-order valence-electron chi connectivity index (χ4n) is 2.20. The second kappa shape index (κ2) is 5.24. The monoisotopic (exact) mass is 307 g/mol. The first-order valence-electron chi connectivity index (χ1n) is 6.06. The fraction of sp³-hybridized carbons (Fsp3) is 0.357. The minimum absolute atomic E-state index is 0.655. The molecule has 0 spiro atoms. The summed E-state index contributed by atoms with van der Waals surface area (Å²) in [6.45, 7) is 6.87. The van der Waals surface area contributed by atoms with Crippen LogP contribution in [0, 0.1) is 20.8 Å². The molecule has 4 heteroatoms. The van der Waals surface area contributed by atoms with E-state index in [1.165, 1.54) is 16.8 Å². The first kappa shape index (κ1) is 13.3. The molecule has 0 unspecified atom stereocenters. The van der Waals surface area contributed by atoms with Gasteiger partial charge in [0, 0.05) is 10.2 Å². The Labute approximate surface area is 116 Å². The molecule has 0 bridgehead atoms. The van der Waals surface area contributed by atoms with Crippen molar-refractivity contribution in [3.8, 4) is 5.69 Å². The molecule has 1 heterocycles. The summed E-state index contributed by atoms with van der Waals surface area (Å²) in [6, 6.07) is 6.29. The third kappa shape index (κ3) is 2.35. The number of benzene rings is 1. The highest BCUT2D eigenvalue weighted by Gasteiger charge is 2.13. The highest BCUT2D eigenvalue weighted by Crippen LogP contribution is 2.25. The van der Waals surface area contributed by atoms with Gasteiger partial charge >= 0.3 is 0 Å². The van der Waals surface area contributed by atoms with Crippen LogP contribution >= 0.6 is 15.9 Å². The molecular formula is C14H18BrN3. The third-order valence-corrected chi connectivity index (χ3v) is 3.80. The van der Waals surface area contributed by atoms with Crippen molar-refractivity contribution in [3.05, 3.63) is 45.2 Å². The minimum Gasteiger partial charge on any atom is -0.330 e. The Morgan fingerprint density at radius 3 is 2.61 bits per heavy atom. The maximum atomic E-state index is 5.65. The predicted molar refractivity (Wildman–Crippen MR) is 78.2 cm³/mol. The third-order valence-electron chi connectivity index (χ3n) is 3.17. The van der Waals surface area contributed by atoms with Crippen molar-refractivity contribution in [2.24, 2.45) is 5.73 Å². The molecule has 0 aliphatic heterocycles. The second-order valence-electron chi connectivity index (χ2n) is 4.55. The minimum atomic E-state index is 0.655. The number of nitrogens with zero attached hydrogens (tertiary/aromatic N) is 2. The van der Waals surface area contributed by atoms with Crippen LogP contribution < -0.4 is 5.73 Å². The van der Waals surface area contributed by atoms with E-state index in [0.717, 1.165) is 22.3 Å². The summed E-state index contributed by atoms with van der Waals surface area (Å²) in [5, 5.41) is 4.62. The van der Waals surface area contributed by atoms with Crippen molar-refractivity contribution < 1.29 is 0 Å². The number of aryl methyl sites for hydroxylation is 2. The van der Waals surface area contributed by atoms with Gasteiger partial charge in [-0.2, -0.15) is 5.10 Å². The molecule has 0 radical (unpaired) electrons. The molecule has 2 aromatic rings. The molecule has 0 aliphatic rings. The number of aromatic nitrogens is 2. The standard InChI is InChI=1S/C14H18BrN3/c1-9-4-5-14(13(15)8-9)18-11(3)12(6-7-16)10(2)17-18/h4-5,8H,6-7,16H2,1-3H3. The van der Waals surface area contributed by atoms with Crippen LogP contribution in [0.4, 0.5) is 0 Å². The molecule has 18 heavy (non-hydrogen) atoms. The van der Waals surface area contributed by atoms with Crippen LogP contribution in [0.25, 0.3) is 5.69 Å². The van der Waals surface area contributed by atoms with E-state index in [9.17, 15) is 0 Å². The molecule has 0 fully saturated rings. The van der Waals surface area contributed by atoms with Gasteiger partial charge in [-0.3, -0.25) is 0 Å². The van der Waals surface area contributed by atoms with Crippen LogP contribution in [0.1, 0.15) is 22.5 Å². The lowest BCUT2D eigenvalue weighted by Gasteiger charge is -2.08. The number of nitrogens with two attached hydrogens (primary N) is 1. The van der Waals surface area contributed by atoms with Crippen LogP contribution in [-0.4, -0.2) is 16.3 Å². The molecule has 0 atom stereocenters. The van der Waals surface area contributed by atoms with E-state index in [4.69, 9.17) is 5.73 Å².